The molecule has 0 spiro atoms. The Balaban J connectivity index is 2.05. The second-order valence-corrected chi connectivity index (χ2v) is 6.03. The summed E-state index contributed by atoms with van der Waals surface area (Å²) in [7, 11) is 2.91. The van der Waals surface area contributed by atoms with Crippen molar-refractivity contribution in [1.82, 2.24) is 9.55 Å². The zero-order chi connectivity index (χ0) is 19.2. The van der Waals surface area contributed by atoms with E-state index in [1.807, 2.05) is 34.9 Å². The highest BCUT2D eigenvalue weighted by Gasteiger charge is 2.19. The van der Waals surface area contributed by atoms with Gasteiger partial charge in [-0.1, -0.05) is 30.3 Å². The average molecular weight is 368 g/mol. The maximum Gasteiger partial charge on any atom is 0.305 e. The van der Waals surface area contributed by atoms with E-state index in [9.17, 15) is 9.18 Å². The van der Waals surface area contributed by atoms with Gasteiger partial charge in [0.2, 0.25) is 0 Å². The van der Waals surface area contributed by atoms with E-state index in [0.29, 0.717) is 35.7 Å². The predicted octanol–water partition coefficient (Wildman–Crippen LogP) is 4.32. The summed E-state index contributed by atoms with van der Waals surface area (Å²) in [5, 5.41) is 0. The van der Waals surface area contributed by atoms with Crippen molar-refractivity contribution in [3.05, 3.63) is 60.7 Å². The number of benzene rings is 2. The van der Waals surface area contributed by atoms with Gasteiger partial charge in [0.15, 0.2) is 0 Å². The lowest BCUT2D eigenvalue weighted by atomic mass is 10.0. The molecule has 2 aromatic carbocycles. The standard InChI is InChI=1S/C21H21FN2O3/c1-26-16-10-11-18(22)17(13-16)21-20(15-7-4-3-5-8-15)23-14-24(21)12-6-9-19(25)27-2/h3-5,7-8,10-11,13-14H,6,9,12H2,1-2H3. The van der Waals surface area contributed by atoms with Crippen LogP contribution in [0.3, 0.4) is 0 Å². The number of ether oxygens (including phenoxy) is 2. The molecular weight excluding hydrogens is 347 g/mol. The predicted molar refractivity (Wildman–Crippen MR) is 101 cm³/mol. The van der Waals surface area contributed by atoms with Gasteiger partial charge >= 0.3 is 5.97 Å². The van der Waals surface area contributed by atoms with Crippen molar-refractivity contribution in [2.45, 2.75) is 19.4 Å². The normalized spacial score (nSPS) is 10.6. The first kappa shape index (κ1) is 18.6. The molecule has 0 saturated heterocycles. The Morgan fingerprint density at radius 2 is 1.93 bits per heavy atom. The van der Waals surface area contributed by atoms with Gasteiger partial charge in [-0.2, -0.15) is 0 Å². The van der Waals surface area contributed by atoms with Crippen LogP contribution in [-0.2, 0) is 16.1 Å². The molecule has 0 atom stereocenters. The third kappa shape index (κ3) is 4.16. The molecule has 6 heteroatoms. The van der Waals surface area contributed by atoms with E-state index in [1.54, 1.807) is 25.6 Å². The van der Waals surface area contributed by atoms with Gasteiger partial charge in [0.25, 0.3) is 0 Å². The summed E-state index contributed by atoms with van der Waals surface area (Å²) in [4.78, 5) is 15.9. The molecular formula is C21H21FN2O3. The maximum absolute atomic E-state index is 14.7. The van der Waals surface area contributed by atoms with Crippen LogP contribution in [0, 0.1) is 5.82 Å². The monoisotopic (exact) mass is 368 g/mol. The van der Waals surface area contributed by atoms with Gasteiger partial charge in [-0.05, 0) is 24.6 Å². The van der Waals surface area contributed by atoms with Gasteiger partial charge in [-0.15, -0.1) is 0 Å². The fourth-order valence-electron chi connectivity index (χ4n) is 2.95. The van der Waals surface area contributed by atoms with Gasteiger partial charge in [0, 0.05) is 24.1 Å². The Bertz CT molecular complexity index is 922. The lowest BCUT2D eigenvalue weighted by Crippen LogP contribution is -2.05. The number of imidazole rings is 1. The summed E-state index contributed by atoms with van der Waals surface area (Å²) in [6.07, 6.45) is 2.53. The minimum Gasteiger partial charge on any atom is -0.497 e. The Morgan fingerprint density at radius 3 is 2.63 bits per heavy atom. The Morgan fingerprint density at radius 1 is 1.15 bits per heavy atom. The van der Waals surface area contributed by atoms with Crippen molar-refractivity contribution in [3.8, 4) is 28.3 Å². The molecule has 1 aromatic heterocycles. The number of rotatable bonds is 7. The van der Waals surface area contributed by atoms with E-state index in [0.717, 1.165) is 5.56 Å². The molecule has 0 aliphatic rings. The maximum atomic E-state index is 14.7. The van der Waals surface area contributed by atoms with Crippen LogP contribution in [0.5, 0.6) is 5.75 Å². The second kappa shape index (κ2) is 8.49. The number of aryl methyl sites for hydroxylation is 1. The van der Waals surface area contributed by atoms with E-state index in [1.165, 1.54) is 13.2 Å². The molecule has 0 amide bonds. The van der Waals surface area contributed by atoms with Crippen LogP contribution < -0.4 is 4.74 Å². The molecule has 0 aliphatic heterocycles. The number of hydrogen-bond donors (Lipinski definition) is 0. The van der Waals surface area contributed by atoms with Crippen LogP contribution in [-0.4, -0.2) is 29.7 Å². The van der Waals surface area contributed by atoms with E-state index in [4.69, 9.17) is 4.74 Å². The number of aromatic nitrogens is 2. The number of hydrogen-bond acceptors (Lipinski definition) is 4. The molecule has 1 heterocycles. The Labute approximate surface area is 157 Å². The number of methoxy groups -OCH3 is 2. The summed E-state index contributed by atoms with van der Waals surface area (Å²) in [5.74, 6) is -0.0667. The van der Waals surface area contributed by atoms with Gasteiger partial charge in [-0.25, -0.2) is 9.37 Å². The van der Waals surface area contributed by atoms with Gasteiger partial charge in [0.1, 0.15) is 11.6 Å². The van der Waals surface area contributed by atoms with Crippen LogP contribution >= 0.6 is 0 Å². The van der Waals surface area contributed by atoms with Crippen LogP contribution in [0.2, 0.25) is 0 Å². The number of esters is 1. The zero-order valence-corrected chi connectivity index (χ0v) is 15.3. The lowest BCUT2D eigenvalue weighted by Gasteiger charge is -2.12. The van der Waals surface area contributed by atoms with Crippen molar-refractivity contribution in [2.24, 2.45) is 0 Å². The first-order chi connectivity index (χ1) is 13.1. The van der Waals surface area contributed by atoms with E-state index in [2.05, 4.69) is 9.72 Å². The highest BCUT2D eigenvalue weighted by molar-refractivity contribution is 5.79. The van der Waals surface area contributed by atoms with E-state index < -0.39 is 0 Å². The summed E-state index contributed by atoms with van der Waals surface area (Å²) < 4.78 is 26.5. The van der Waals surface area contributed by atoms with Crippen LogP contribution in [0.15, 0.2) is 54.9 Å². The fraction of sp³-hybridized carbons (Fsp3) is 0.238. The highest BCUT2D eigenvalue weighted by Crippen LogP contribution is 2.35. The van der Waals surface area contributed by atoms with E-state index in [-0.39, 0.29) is 18.2 Å². The summed E-state index contributed by atoms with van der Waals surface area (Å²) in [6, 6.07) is 14.2. The molecule has 3 aromatic rings. The van der Waals surface area contributed by atoms with Gasteiger partial charge < -0.3 is 14.0 Å². The zero-order valence-electron chi connectivity index (χ0n) is 15.3. The smallest absolute Gasteiger partial charge is 0.305 e. The largest absolute Gasteiger partial charge is 0.497 e. The first-order valence-electron chi connectivity index (χ1n) is 8.65. The Hall–Kier alpha value is -3.15. The van der Waals surface area contributed by atoms with Crippen LogP contribution in [0.1, 0.15) is 12.8 Å². The minimum absolute atomic E-state index is 0.271. The molecule has 0 saturated carbocycles. The summed E-state index contributed by atoms with van der Waals surface area (Å²) in [5.41, 5.74) is 2.63. The third-order valence-electron chi connectivity index (χ3n) is 4.32. The molecule has 0 aliphatic carbocycles. The molecule has 0 fully saturated rings. The van der Waals surface area contributed by atoms with Crippen LogP contribution in [0.4, 0.5) is 4.39 Å². The van der Waals surface area contributed by atoms with Crippen molar-refractivity contribution in [3.63, 3.8) is 0 Å². The Kier molecular flexibility index (Phi) is 5.86. The average Bonchev–Trinajstić information content (AvgIpc) is 3.12. The molecule has 5 nitrogen and oxygen atoms in total. The number of carbonyl (C=O) groups is 1. The van der Waals surface area contributed by atoms with Crippen molar-refractivity contribution in [1.29, 1.82) is 0 Å². The third-order valence-corrected chi connectivity index (χ3v) is 4.32. The molecule has 27 heavy (non-hydrogen) atoms. The van der Waals surface area contributed by atoms with Gasteiger partial charge in [0.05, 0.1) is 31.9 Å². The first-order valence-corrected chi connectivity index (χ1v) is 8.65. The molecule has 0 N–H and O–H groups in total. The summed E-state index contributed by atoms with van der Waals surface area (Å²) in [6.45, 7) is 0.515. The number of carbonyl (C=O) groups excluding carboxylic acids is 1. The molecule has 3 rings (SSSR count). The molecule has 0 radical (unpaired) electrons. The quantitative estimate of drug-likeness (QED) is 0.583. The summed E-state index contributed by atoms with van der Waals surface area (Å²) >= 11 is 0. The van der Waals surface area contributed by atoms with Gasteiger partial charge in [-0.3, -0.25) is 4.79 Å². The fourth-order valence-corrected chi connectivity index (χ4v) is 2.95. The number of nitrogens with zero attached hydrogens (tertiary/aromatic N) is 2. The van der Waals surface area contributed by atoms with Crippen molar-refractivity contribution < 1.29 is 18.7 Å². The van der Waals surface area contributed by atoms with Crippen molar-refractivity contribution >= 4 is 5.97 Å². The topological polar surface area (TPSA) is 53.4 Å². The second-order valence-electron chi connectivity index (χ2n) is 6.03. The lowest BCUT2D eigenvalue weighted by molar-refractivity contribution is -0.140. The molecule has 0 bridgehead atoms. The molecule has 0 unspecified atom stereocenters. The highest BCUT2D eigenvalue weighted by atomic mass is 19.1. The van der Waals surface area contributed by atoms with E-state index >= 15 is 0 Å². The van der Waals surface area contributed by atoms with Crippen molar-refractivity contribution in [2.75, 3.05) is 14.2 Å². The number of halogens is 1. The molecule has 140 valence electrons. The minimum atomic E-state index is -0.359. The van der Waals surface area contributed by atoms with Crippen LogP contribution in [0.25, 0.3) is 22.5 Å². The SMILES string of the molecule is COC(=O)CCCn1cnc(-c2ccccc2)c1-c1cc(OC)ccc1F.